The topological polar surface area (TPSA) is 89.6 Å². The van der Waals surface area contributed by atoms with E-state index in [-0.39, 0.29) is 11.7 Å². The van der Waals surface area contributed by atoms with Crippen molar-refractivity contribution in [2.24, 2.45) is 0 Å². The summed E-state index contributed by atoms with van der Waals surface area (Å²) in [7, 11) is 0. The maximum absolute atomic E-state index is 12.5. The third-order valence-corrected chi connectivity index (χ3v) is 4.37. The fourth-order valence-electron chi connectivity index (χ4n) is 2.89. The molecule has 1 amide bonds. The predicted octanol–water partition coefficient (Wildman–Crippen LogP) is 4.05. The molecule has 0 spiro atoms. The van der Waals surface area contributed by atoms with Crippen LogP contribution in [0.1, 0.15) is 27.6 Å². The Morgan fingerprint density at radius 2 is 1.72 bits per heavy atom. The summed E-state index contributed by atoms with van der Waals surface area (Å²) in [6, 6.07) is 15.8. The number of carbonyl (C=O) groups excluding carboxylic acids is 2. The molecule has 2 N–H and O–H groups in total. The molecule has 0 radical (unpaired) electrons. The lowest BCUT2D eigenvalue weighted by atomic mass is 10.1. The van der Waals surface area contributed by atoms with Gasteiger partial charge in [0.15, 0.2) is 17.3 Å². The summed E-state index contributed by atoms with van der Waals surface area (Å²) in [6.07, 6.45) is 1.49. The smallest absolute Gasteiger partial charge is 0.257 e. The molecule has 2 heterocycles. The van der Waals surface area contributed by atoms with E-state index >= 15 is 0 Å². The fraction of sp³-hybridized carbons (Fsp3) is 0.136. The number of carbonyl (C=O) groups is 2. The second kappa shape index (κ2) is 8.02. The number of rotatable bonds is 5. The highest BCUT2D eigenvalue weighted by molar-refractivity contribution is 6.04. The lowest BCUT2D eigenvalue weighted by molar-refractivity contribution is 0.101. The molecule has 1 aromatic heterocycles. The van der Waals surface area contributed by atoms with Gasteiger partial charge in [-0.15, -0.1) is 0 Å². The van der Waals surface area contributed by atoms with Gasteiger partial charge in [0, 0.05) is 29.2 Å². The summed E-state index contributed by atoms with van der Waals surface area (Å²) in [6.45, 7) is 2.52. The molecular formula is C22H19N3O4. The summed E-state index contributed by atoms with van der Waals surface area (Å²) < 4.78 is 11.0. The number of aromatic nitrogens is 1. The van der Waals surface area contributed by atoms with Crippen LogP contribution in [0.3, 0.4) is 0 Å². The van der Waals surface area contributed by atoms with Gasteiger partial charge in [-0.1, -0.05) is 12.1 Å². The molecule has 1 aliphatic rings. The predicted molar refractivity (Wildman–Crippen MR) is 109 cm³/mol. The van der Waals surface area contributed by atoms with Gasteiger partial charge < -0.3 is 20.1 Å². The Morgan fingerprint density at radius 3 is 2.48 bits per heavy atom. The van der Waals surface area contributed by atoms with Gasteiger partial charge in [0.2, 0.25) is 0 Å². The third kappa shape index (κ3) is 4.35. The van der Waals surface area contributed by atoms with E-state index in [1.54, 1.807) is 48.5 Å². The number of benzene rings is 2. The van der Waals surface area contributed by atoms with Crippen molar-refractivity contribution in [2.45, 2.75) is 6.92 Å². The van der Waals surface area contributed by atoms with Gasteiger partial charge in [-0.2, -0.15) is 0 Å². The first-order valence-corrected chi connectivity index (χ1v) is 9.13. The summed E-state index contributed by atoms with van der Waals surface area (Å²) in [5.41, 5.74) is 2.40. The molecule has 3 aromatic rings. The van der Waals surface area contributed by atoms with Crippen LogP contribution >= 0.6 is 0 Å². The zero-order valence-corrected chi connectivity index (χ0v) is 15.8. The van der Waals surface area contributed by atoms with Crippen molar-refractivity contribution in [1.82, 2.24) is 4.98 Å². The molecule has 0 saturated heterocycles. The van der Waals surface area contributed by atoms with E-state index in [0.717, 1.165) is 5.69 Å². The Balaban J connectivity index is 1.43. The molecule has 0 atom stereocenters. The Kier molecular flexibility index (Phi) is 5.11. The first kappa shape index (κ1) is 18.5. The van der Waals surface area contributed by atoms with Crippen LogP contribution in [0.15, 0.2) is 60.8 Å². The first-order chi connectivity index (χ1) is 14.1. The van der Waals surface area contributed by atoms with E-state index in [9.17, 15) is 9.59 Å². The summed E-state index contributed by atoms with van der Waals surface area (Å²) in [5, 5.41) is 5.95. The molecule has 0 aliphatic carbocycles. The second-order valence-electron chi connectivity index (χ2n) is 6.51. The standard InChI is InChI=1S/C22H19N3O4/c1-14(26)15-3-2-4-17(11-15)24-21-8-5-16(13-23-21)22(27)25-18-6-7-19-20(12-18)29-10-9-28-19/h2-8,11-13H,9-10H2,1H3,(H,23,24)(H,25,27). The zero-order valence-electron chi connectivity index (χ0n) is 15.8. The Bertz CT molecular complexity index is 1060. The van der Waals surface area contributed by atoms with E-state index in [1.165, 1.54) is 13.1 Å². The van der Waals surface area contributed by atoms with Gasteiger partial charge in [-0.25, -0.2) is 4.98 Å². The van der Waals surface area contributed by atoms with Gasteiger partial charge in [-0.05, 0) is 43.3 Å². The van der Waals surface area contributed by atoms with Gasteiger partial charge in [0.1, 0.15) is 19.0 Å². The number of fused-ring (bicyclic) bond motifs is 1. The van der Waals surface area contributed by atoms with Gasteiger partial charge in [-0.3, -0.25) is 9.59 Å². The Labute approximate surface area is 167 Å². The summed E-state index contributed by atoms with van der Waals surface area (Å²) in [4.78, 5) is 28.3. The van der Waals surface area contributed by atoms with Crippen molar-refractivity contribution in [3.05, 3.63) is 71.9 Å². The molecule has 0 fully saturated rings. The highest BCUT2D eigenvalue weighted by Crippen LogP contribution is 2.32. The van der Waals surface area contributed by atoms with E-state index in [0.29, 0.717) is 47.3 Å². The van der Waals surface area contributed by atoms with E-state index in [1.807, 2.05) is 6.07 Å². The van der Waals surface area contributed by atoms with Crippen LogP contribution in [0.4, 0.5) is 17.2 Å². The van der Waals surface area contributed by atoms with E-state index in [4.69, 9.17) is 9.47 Å². The number of pyridine rings is 1. The average molecular weight is 389 g/mol. The maximum Gasteiger partial charge on any atom is 0.257 e. The minimum atomic E-state index is -0.278. The number of ether oxygens (including phenoxy) is 2. The number of nitrogens with one attached hydrogen (secondary N) is 2. The molecule has 0 bridgehead atoms. The molecule has 1 aliphatic heterocycles. The summed E-state index contributed by atoms with van der Waals surface area (Å²) >= 11 is 0. The quantitative estimate of drug-likeness (QED) is 0.640. The minimum Gasteiger partial charge on any atom is -0.486 e. The van der Waals surface area contributed by atoms with Crippen molar-refractivity contribution < 1.29 is 19.1 Å². The van der Waals surface area contributed by atoms with Crippen LogP contribution in [-0.4, -0.2) is 29.9 Å². The van der Waals surface area contributed by atoms with Crippen LogP contribution in [0.2, 0.25) is 0 Å². The van der Waals surface area contributed by atoms with Crippen LogP contribution in [0, 0.1) is 0 Å². The minimum absolute atomic E-state index is 0.00670. The van der Waals surface area contributed by atoms with Crippen LogP contribution < -0.4 is 20.1 Å². The molecule has 29 heavy (non-hydrogen) atoms. The molecular weight excluding hydrogens is 370 g/mol. The van der Waals surface area contributed by atoms with Gasteiger partial charge >= 0.3 is 0 Å². The van der Waals surface area contributed by atoms with Crippen molar-refractivity contribution >= 4 is 28.9 Å². The number of Topliss-reactive ketones (excluding diaryl/α,β-unsaturated/α-hetero) is 1. The van der Waals surface area contributed by atoms with Crippen molar-refractivity contribution in [3.63, 3.8) is 0 Å². The lowest BCUT2D eigenvalue weighted by Crippen LogP contribution is -2.16. The van der Waals surface area contributed by atoms with E-state index < -0.39 is 0 Å². The molecule has 0 unspecified atom stereocenters. The normalized spacial score (nSPS) is 12.2. The van der Waals surface area contributed by atoms with Crippen LogP contribution in [0.25, 0.3) is 0 Å². The summed E-state index contributed by atoms with van der Waals surface area (Å²) in [5.74, 6) is 1.56. The largest absolute Gasteiger partial charge is 0.486 e. The van der Waals surface area contributed by atoms with E-state index in [2.05, 4.69) is 15.6 Å². The highest BCUT2D eigenvalue weighted by Gasteiger charge is 2.13. The molecule has 7 nitrogen and oxygen atoms in total. The molecule has 2 aromatic carbocycles. The maximum atomic E-state index is 12.5. The third-order valence-electron chi connectivity index (χ3n) is 4.37. The first-order valence-electron chi connectivity index (χ1n) is 9.13. The Hall–Kier alpha value is -3.87. The molecule has 4 rings (SSSR count). The fourth-order valence-corrected chi connectivity index (χ4v) is 2.89. The number of hydrogen-bond donors (Lipinski definition) is 2. The number of ketones is 1. The van der Waals surface area contributed by atoms with Gasteiger partial charge in [0.05, 0.1) is 5.56 Å². The molecule has 7 heteroatoms. The lowest BCUT2D eigenvalue weighted by Gasteiger charge is -2.19. The van der Waals surface area contributed by atoms with Gasteiger partial charge in [0.25, 0.3) is 5.91 Å². The Morgan fingerprint density at radius 1 is 0.897 bits per heavy atom. The number of amides is 1. The molecule has 146 valence electrons. The number of hydrogen-bond acceptors (Lipinski definition) is 6. The van der Waals surface area contributed by atoms with Crippen LogP contribution in [0.5, 0.6) is 11.5 Å². The number of anilines is 3. The molecule has 0 saturated carbocycles. The van der Waals surface area contributed by atoms with Crippen LogP contribution in [-0.2, 0) is 0 Å². The monoisotopic (exact) mass is 389 g/mol. The number of nitrogens with zero attached hydrogens (tertiary/aromatic N) is 1. The van der Waals surface area contributed by atoms with Crippen molar-refractivity contribution in [3.8, 4) is 11.5 Å². The second-order valence-corrected chi connectivity index (χ2v) is 6.51. The highest BCUT2D eigenvalue weighted by atomic mass is 16.6. The zero-order chi connectivity index (χ0) is 20.2. The SMILES string of the molecule is CC(=O)c1cccc(Nc2ccc(C(=O)Nc3ccc4c(c3)OCCO4)cn2)c1. The van der Waals surface area contributed by atoms with Crippen molar-refractivity contribution in [1.29, 1.82) is 0 Å². The van der Waals surface area contributed by atoms with Crippen molar-refractivity contribution in [2.75, 3.05) is 23.8 Å². The average Bonchev–Trinajstić information content (AvgIpc) is 2.74.